The van der Waals surface area contributed by atoms with Gasteiger partial charge in [0.05, 0.1) is 21.3 Å². The predicted octanol–water partition coefficient (Wildman–Crippen LogP) is 3.92. The number of methoxy groups -OCH3 is 3. The second-order valence-electron chi connectivity index (χ2n) is 6.59. The van der Waals surface area contributed by atoms with Gasteiger partial charge in [-0.3, -0.25) is 0 Å². The van der Waals surface area contributed by atoms with E-state index in [-0.39, 0.29) is 0 Å². The van der Waals surface area contributed by atoms with Gasteiger partial charge in [0.15, 0.2) is 11.5 Å². The highest BCUT2D eigenvalue weighted by molar-refractivity contribution is 5.84. The van der Waals surface area contributed by atoms with E-state index < -0.39 is 0 Å². The fourth-order valence-corrected chi connectivity index (χ4v) is 3.65. The lowest BCUT2D eigenvalue weighted by molar-refractivity contribution is 0.354. The third kappa shape index (κ3) is 3.21. The molecule has 0 amide bonds. The molecule has 0 saturated carbocycles. The maximum Gasteiger partial charge on any atom is 0.161 e. The molecule has 0 unspecified atom stereocenters. The molecule has 5 heteroatoms. The first-order valence-corrected chi connectivity index (χ1v) is 9.06. The zero-order valence-electron chi connectivity index (χ0n) is 15.9. The number of fused-ring (bicyclic) bond motifs is 2. The maximum atomic E-state index is 5.45. The third-order valence-electron chi connectivity index (χ3n) is 5.11. The van der Waals surface area contributed by atoms with Crippen LogP contribution in [0.3, 0.4) is 0 Å². The van der Waals surface area contributed by atoms with E-state index in [0.29, 0.717) is 0 Å². The van der Waals surface area contributed by atoms with Crippen LogP contribution in [0.5, 0.6) is 17.2 Å². The standard InChI is InChI=1S/C22H24N2O3/c1-25-16-5-7-20-17(11-16)15(13-24-20)8-9-23-19-6-4-14-10-21(26-2)22(27-3)12-18(14)19/h5-7,10-13,23-24H,4,8-9H2,1-3H3. The number of ether oxygens (including phenoxy) is 3. The Balaban J connectivity index is 1.47. The Morgan fingerprint density at radius 1 is 1.00 bits per heavy atom. The molecule has 1 aliphatic rings. The fraction of sp³-hybridized carbons (Fsp3) is 0.273. The van der Waals surface area contributed by atoms with Crippen molar-refractivity contribution in [2.24, 2.45) is 0 Å². The van der Waals surface area contributed by atoms with Gasteiger partial charge in [0.1, 0.15) is 5.75 Å². The second kappa shape index (κ2) is 7.27. The summed E-state index contributed by atoms with van der Waals surface area (Å²) < 4.78 is 16.2. The van der Waals surface area contributed by atoms with Gasteiger partial charge in [0.2, 0.25) is 0 Å². The average Bonchev–Trinajstić information content (AvgIpc) is 3.30. The van der Waals surface area contributed by atoms with Crippen molar-refractivity contribution < 1.29 is 14.2 Å². The predicted molar refractivity (Wildman–Crippen MR) is 108 cm³/mol. The minimum absolute atomic E-state index is 0.759. The molecule has 0 bridgehead atoms. The third-order valence-corrected chi connectivity index (χ3v) is 5.11. The highest BCUT2D eigenvalue weighted by Crippen LogP contribution is 2.36. The number of aromatic nitrogens is 1. The monoisotopic (exact) mass is 364 g/mol. The van der Waals surface area contributed by atoms with Gasteiger partial charge in [-0.15, -0.1) is 0 Å². The molecule has 0 radical (unpaired) electrons. The number of H-pyrrole nitrogens is 1. The Morgan fingerprint density at radius 3 is 2.59 bits per heavy atom. The molecule has 27 heavy (non-hydrogen) atoms. The minimum Gasteiger partial charge on any atom is -0.497 e. The summed E-state index contributed by atoms with van der Waals surface area (Å²) >= 11 is 0. The van der Waals surface area contributed by atoms with Crippen molar-refractivity contribution >= 4 is 16.6 Å². The van der Waals surface area contributed by atoms with Gasteiger partial charge in [-0.1, -0.05) is 6.08 Å². The number of hydrogen-bond acceptors (Lipinski definition) is 4. The van der Waals surface area contributed by atoms with E-state index in [0.717, 1.165) is 47.8 Å². The van der Waals surface area contributed by atoms with Crippen molar-refractivity contribution in [2.75, 3.05) is 27.9 Å². The van der Waals surface area contributed by atoms with E-state index in [1.165, 1.54) is 22.1 Å². The van der Waals surface area contributed by atoms with E-state index in [2.05, 4.69) is 46.8 Å². The van der Waals surface area contributed by atoms with Crippen molar-refractivity contribution in [3.8, 4) is 17.2 Å². The largest absolute Gasteiger partial charge is 0.497 e. The second-order valence-corrected chi connectivity index (χ2v) is 6.59. The first kappa shape index (κ1) is 17.3. The summed E-state index contributed by atoms with van der Waals surface area (Å²) in [6, 6.07) is 10.2. The van der Waals surface area contributed by atoms with Gasteiger partial charge < -0.3 is 24.5 Å². The Labute approximate surface area is 158 Å². The number of nitrogens with one attached hydrogen (secondary N) is 2. The molecule has 0 fully saturated rings. The van der Waals surface area contributed by atoms with Crippen molar-refractivity contribution in [3.63, 3.8) is 0 Å². The molecule has 1 heterocycles. The summed E-state index contributed by atoms with van der Waals surface area (Å²) in [6.45, 7) is 0.851. The molecule has 0 atom stereocenters. The SMILES string of the molecule is COc1ccc2[nH]cc(CCNC3=CCc4cc(OC)c(OC)cc43)c2c1. The molecular formula is C22H24N2O3. The lowest BCUT2D eigenvalue weighted by Crippen LogP contribution is -2.15. The van der Waals surface area contributed by atoms with Crippen LogP contribution in [-0.4, -0.2) is 32.9 Å². The Bertz CT molecular complexity index is 1000. The molecule has 2 aromatic carbocycles. The molecule has 1 aliphatic carbocycles. The minimum atomic E-state index is 0.759. The quantitative estimate of drug-likeness (QED) is 0.667. The van der Waals surface area contributed by atoms with E-state index >= 15 is 0 Å². The van der Waals surface area contributed by atoms with Crippen LogP contribution in [0, 0.1) is 0 Å². The van der Waals surface area contributed by atoms with Crippen LogP contribution in [-0.2, 0) is 12.8 Å². The maximum absolute atomic E-state index is 5.45. The van der Waals surface area contributed by atoms with Crippen LogP contribution in [0.25, 0.3) is 16.6 Å². The normalized spacial score (nSPS) is 12.6. The Hall–Kier alpha value is -3.08. The average molecular weight is 364 g/mol. The highest BCUT2D eigenvalue weighted by Gasteiger charge is 2.18. The summed E-state index contributed by atoms with van der Waals surface area (Å²) in [5.74, 6) is 2.41. The van der Waals surface area contributed by atoms with Gasteiger partial charge in [-0.05, 0) is 54.3 Å². The van der Waals surface area contributed by atoms with E-state index in [1.54, 1.807) is 21.3 Å². The summed E-state index contributed by atoms with van der Waals surface area (Å²) in [7, 11) is 5.03. The lowest BCUT2D eigenvalue weighted by atomic mass is 10.1. The van der Waals surface area contributed by atoms with Crippen molar-refractivity contribution in [1.82, 2.24) is 10.3 Å². The van der Waals surface area contributed by atoms with Crippen LogP contribution >= 0.6 is 0 Å². The molecule has 140 valence electrons. The highest BCUT2D eigenvalue weighted by atomic mass is 16.5. The van der Waals surface area contributed by atoms with Crippen LogP contribution < -0.4 is 19.5 Å². The topological polar surface area (TPSA) is 55.5 Å². The molecule has 5 nitrogen and oxygen atoms in total. The molecular weight excluding hydrogens is 340 g/mol. The van der Waals surface area contributed by atoms with E-state index in [4.69, 9.17) is 14.2 Å². The van der Waals surface area contributed by atoms with Gasteiger partial charge >= 0.3 is 0 Å². The molecule has 0 saturated heterocycles. The van der Waals surface area contributed by atoms with Crippen molar-refractivity contribution in [1.29, 1.82) is 0 Å². The molecule has 4 rings (SSSR count). The summed E-state index contributed by atoms with van der Waals surface area (Å²) in [5, 5.41) is 4.79. The summed E-state index contributed by atoms with van der Waals surface area (Å²) in [5.41, 5.74) is 6.01. The number of allylic oxidation sites excluding steroid dienone is 1. The molecule has 0 spiro atoms. The molecule has 3 aromatic rings. The van der Waals surface area contributed by atoms with Crippen molar-refractivity contribution in [3.05, 3.63) is 59.3 Å². The number of aromatic amines is 1. The number of rotatable bonds is 7. The number of benzene rings is 2. The first-order valence-electron chi connectivity index (χ1n) is 9.06. The smallest absolute Gasteiger partial charge is 0.161 e. The number of hydrogen-bond donors (Lipinski definition) is 2. The van der Waals surface area contributed by atoms with Crippen LogP contribution in [0.15, 0.2) is 42.6 Å². The Kier molecular flexibility index (Phi) is 4.67. The Morgan fingerprint density at radius 2 is 1.81 bits per heavy atom. The van der Waals surface area contributed by atoms with E-state index in [1.807, 2.05) is 6.07 Å². The van der Waals surface area contributed by atoms with Crippen molar-refractivity contribution in [2.45, 2.75) is 12.8 Å². The van der Waals surface area contributed by atoms with Gasteiger partial charge in [0.25, 0.3) is 0 Å². The van der Waals surface area contributed by atoms with E-state index in [9.17, 15) is 0 Å². The van der Waals surface area contributed by atoms with Gasteiger partial charge in [-0.2, -0.15) is 0 Å². The van der Waals surface area contributed by atoms with Crippen LogP contribution in [0.1, 0.15) is 16.7 Å². The van der Waals surface area contributed by atoms with Gasteiger partial charge in [-0.25, -0.2) is 0 Å². The summed E-state index contributed by atoms with van der Waals surface area (Å²) in [4.78, 5) is 3.33. The molecule has 0 aliphatic heterocycles. The van der Waals surface area contributed by atoms with Crippen LogP contribution in [0.2, 0.25) is 0 Å². The molecule has 1 aromatic heterocycles. The summed E-state index contributed by atoms with van der Waals surface area (Å²) in [6.07, 6.45) is 6.13. The molecule has 2 N–H and O–H groups in total. The first-order chi connectivity index (χ1) is 13.2. The van der Waals surface area contributed by atoms with Crippen LogP contribution in [0.4, 0.5) is 0 Å². The zero-order chi connectivity index (χ0) is 18.8. The fourth-order valence-electron chi connectivity index (χ4n) is 3.65. The lowest BCUT2D eigenvalue weighted by Gasteiger charge is -2.13. The zero-order valence-corrected chi connectivity index (χ0v) is 15.9. The van der Waals surface area contributed by atoms with Gasteiger partial charge in [0, 0.05) is 34.9 Å².